The van der Waals surface area contributed by atoms with Gasteiger partial charge in [0.1, 0.15) is 5.69 Å². The Hall–Kier alpha value is -7.95. The predicted octanol–water partition coefficient (Wildman–Crippen LogP) is 15.1. The summed E-state index contributed by atoms with van der Waals surface area (Å²) < 4.78 is 2.14. The number of hydrogen-bond acceptors (Lipinski definition) is 3. The topological polar surface area (TPSA) is 43.1 Å². The number of aromatic nitrogens is 3. The van der Waals surface area contributed by atoms with Crippen LogP contribution >= 0.6 is 0 Å². The van der Waals surface area contributed by atoms with Crippen molar-refractivity contribution < 1.29 is 0 Å². The van der Waals surface area contributed by atoms with Gasteiger partial charge in [-0.25, -0.2) is 9.67 Å². The molecule has 4 nitrogen and oxygen atoms in total. The Morgan fingerprint density at radius 3 is 1.88 bits per heavy atom. The maximum absolute atomic E-state index is 5.40. The fraction of sp³-hybridized carbons (Fsp3) is 0.0179. The SMILES string of the molecule is C=Nc1c(/C=C\C)ccc2ccc(-c3ccc4c(ccc5cc(-c6cccc7c6cc(-c6ccccc6)c6c(-c8ccccc8)nn(-c8ccccc8)c67)ccc54)c3)nc12. The van der Waals surface area contributed by atoms with E-state index < -0.39 is 0 Å². The van der Waals surface area contributed by atoms with Gasteiger partial charge in [0.2, 0.25) is 0 Å². The first-order chi connectivity index (χ1) is 29.7. The zero-order chi connectivity index (χ0) is 40.2. The third kappa shape index (κ3) is 5.80. The van der Waals surface area contributed by atoms with Gasteiger partial charge in [-0.2, -0.15) is 5.10 Å². The van der Waals surface area contributed by atoms with Gasteiger partial charge < -0.3 is 0 Å². The van der Waals surface area contributed by atoms with Gasteiger partial charge in [-0.3, -0.25) is 4.99 Å². The fourth-order valence-electron chi connectivity index (χ4n) is 8.95. The highest BCUT2D eigenvalue weighted by molar-refractivity contribution is 6.20. The third-order valence-electron chi connectivity index (χ3n) is 11.8. The molecule has 0 radical (unpaired) electrons. The fourth-order valence-corrected chi connectivity index (χ4v) is 8.95. The van der Waals surface area contributed by atoms with Gasteiger partial charge in [0.15, 0.2) is 0 Å². The zero-order valence-corrected chi connectivity index (χ0v) is 33.0. The molecule has 0 N–H and O–H groups in total. The minimum atomic E-state index is 0.806. The molecule has 0 atom stereocenters. The van der Waals surface area contributed by atoms with Gasteiger partial charge in [-0.05, 0) is 99.2 Å². The van der Waals surface area contributed by atoms with Crippen molar-refractivity contribution in [3.05, 3.63) is 200 Å². The van der Waals surface area contributed by atoms with E-state index in [1.54, 1.807) is 0 Å². The molecule has 9 aromatic carbocycles. The predicted molar refractivity (Wildman–Crippen MR) is 255 cm³/mol. The Balaban J connectivity index is 1.08. The molecular formula is C56H38N4. The van der Waals surface area contributed by atoms with Gasteiger partial charge in [-0.15, -0.1) is 0 Å². The molecular weight excluding hydrogens is 729 g/mol. The molecule has 11 aromatic rings. The Morgan fingerprint density at radius 2 is 1.17 bits per heavy atom. The molecule has 0 spiro atoms. The van der Waals surface area contributed by atoms with Crippen LogP contribution in [0, 0.1) is 0 Å². The number of benzene rings is 9. The van der Waals surface area contributed by atoms with Crippen molar-refractivity contribution in [1.82, 2.24) is 14.8 Å². The summed E-state index contributed by atoms with van der Waals surface area (Å²) in [5.41, 5.74) is 13.5. The Labute approximate surface area is 348 Å². The van der Waals surface area contributed by atoms with Crippen molar-refractivity contribution in [2.75, 3.05) is 0 Å². The molecule has 0 aliphatic heterocycles. The molecule has 0 saturated heterocycles. The number of rotatable bonds is 7. The number of allylic oxidation sites excluding steroid dienone is 1. The molecule has 0 amide bonds. The molecule has 0 aliphatic rings. The number of pyridine rings is 1. The van der Waals surface area contributed by atoms with Crippen LogP contribution in [-0.2, 0) is 0 Å². The summed E-state index contributed by atoms with van der Waals surface area (Å²) in [5, 5.41) is 14.7. The van der Waals surface area contributed by atoms with Crippen LogP contribution in [0.2, 0.25) is 0 Å². The van der Waals surface area contributed by atoms with Crippen LogP contribution in [0.5, 0.6) is 0 Å². The largest absolute Gasteiger partial charge is 0.262 e. The quantitative estimate of drug-likeness (QED) is 0.120. The number of aliphatic imine (C=N–C) groups is 1. The van der Waals surface area contributed by atoms with Crippen molar-refractivity contribution in [3.63, 3.8) is 0 Å². The van der Waals surface area contributed by atoms with Crippen molar-refractivity contribution in [2.45, 2.75) is 6.92 Å². The van der Waals surface area contributed by atoms with Gasteiger partial charge in [-0.1, -0.05) is 164 Å². The minimum absolute atomic E-state index is 0.806. The van der Waals surface area contributed by atoms with Crippen molar-refractivity contribution in [1.29, 1.82) is 0 Å². The second kappa shape index (κ2) is 14.5. The van der Waals surface area contributed by atoms with E-state index >= 15 is 0 Å². The van der Waals surface area contributed by atoms with Crippen LogP contribution in [-0.4, -0.2) is 21.5 Å². The van der Waals surface area contributed by atoms with E-state index in [1.165, 1.54) is 38.1 Å². The monoisotopic (exact) mass is 766 g/mol. The maximum Gasteiger partial charge on any atom is 0.101 e. The molecule has 0 unspecified atom stereocenters. The first-order valence-corrected chi connectivity index (χ1v) is 20.3. The van der Waals surface area contributed by atoms with Crippen LogP contribution < -0.4 is 0 Å². The highest BCUT2D eigenvalue weighted by Gasteiger charge is 2.22. The average Bonchev–Trinajstić information content (AvgIpc) is 3.72. The van der Waals surface area contributed by atoms with E-state index in [1.807, 2.05) is 13.0 Å². The second-order valence-electron chi connectivity index (χ2n) is 15.2. The molecule has 11 rings (SSSR count). The number of hydrogen-bond donors (Lipinski definition) is 0. The standard InChI is InChI=1S/C56H38N4/c1-3-14-37-23-24-39-29-32-51(58-55(39)54(37)57-2)43-28-31-47-41(34-43)26-25-40-33-42(27-30-46(40)47)45-21-13-22-48-50(45)35-49(36-15-7-4-8-16-36)52-53(38-17-9-5-10-18-38)59-60(56(48)52)44-19-11-6-12-20-44/h3-35H,2H2,1H3/b14-3-. The van der Waals surface area contributed by atoms with E-state index in [2.05, 4.69) is 211 Å². The molecule has 0 fully saturated rings. The lowest BCUT2D eigenvalue weighted by atomic mass is 9.89. The van der Waals surface area contributed by atoms with Gasteiger partial charge in [0, 0.05) is 32.8 Å². The highest BCUT2D eigenvalue weighted by atomic mass is 15.3. The van der Waals surface area contributed by atoms with Crippen molar-refractivity contribution >= 4 is 72.6 Å². The van der Waals surface area contributed by atoms with E-state index in [4.69, 9.17) is 10.1 Å². The van der Waals surface area contributed by atoms with Crippen LogP contribution in [0.1, 0.15) is 12.5 Å². The minimum Gasteiger partial charge on any atom is -0.262 e. The van der Waals surface area contributed by atoms with Crippen molar-refractivity contribution in [2.24, 2.45) is 4.99 Å². The summed E-state index contributed by atoms with van der Waals surface area (Å²) in [6.45, 7) is 5.87. The van der Waals surface area contributed by atoms with Crippen LogP contribution in [0.25, 0.3) is 111 Å². The Bertz CT molecular complexity index is 3490. The summed E-state index contributed by atoms with van der Waals surface area (Å²) in [7, 11) is 0. The molecule has 2 aromatic heterocycles. The lowest BCUT2D eigenvalue weighted by Gasteiger charge is -2.15. The Morgan fingerprint density at radius 1 is 0.517 bits per heavy atom. The zero-order valence-electron chi connectivity index (χ0n) is 33.0. The van der Waals surface area contributed by atoms with Crippen LogP contribution in [0.15, 0.2) is 199 Å². The summed E-state index contributed by atoms with van der Waals surface area (Å²) in [4.78, 5) is 9.48. The van der Waals surface area contributed by atoms with Crippen LogP contribution in [0.3, 0.4) is 0 Å². The van der Waals surface area contributed by atoms with E-state index in [9.17, 15) is 0 Å². The van der Waals surface area contributed by atoms with E-state index in [0.29, 0.717) is 0 Å². The number of fused-ring (bicyclic) bond motifs is 7. The first-order valence-electron chi connectivity index (χ1n) is 20.3. The normalized spacial score (nSPS) is 11.8. The Kier molecular flexibility index (Phi) is 8.49. The lowest BCUT2D eigenvalue weighted by molar-refractivity contribution is 0.918. The van der Waals surface area contributed by atoms with Gasteiger partial charge in [0.05, 0.1) is 28.1 Å². The first kappa shape index (κ1) is 35.2. The molecule has 60 heavy (non-hydrogen) atoms. The number of para-hydroxylation sites is 1. The summed E-state index contributed by atoms with van der Waals surface area (Å²) >= 11 is 0. The van der Waals surface area contributed by atoms with E-state index in [0.717, 1.165) is 77.8 Å². The van der Waals surface area contributed by atoms with Crippen molar-refractivity contribution in [3.8, 4) is 50.5 Å². The summed E-state index contributed by atoms with van der Waals surface area (Å²) in [6, 6.07) is 67.3. The molecule has 4 heteroatoms. The second-order valence-corrected chi connectivity index (χ2v) is 15.2. The van der Waals surface area contributed by atoms with Gasteiger partial charge >= 0.3 is 0 Å². The molecule has 0 aliphatic carbocycles. The van der Waals surface area contributed by atoms with Crippen LogP contribution in [0.4, 0.5) is 5.69 Å². The maximum atomic E-state index is 5.40. The average molecular weight is 767 g/mol. The van der Waals surface area contributed by atoms with Gasteiger partial charge in [0.25, 0.3) is 0 Å². The number of nitrogens with zero attached hydrogens (tertiary/aromatic N) is 4. The lowest BCUT2D eigenvalue weighted by Crippen LogP contribution is -1.97. The molecule has 0 bridgehead atoms. The molecule has 0 saturated carbocycles. The summed E-state index contributed by atoms with van der Waals surface area (Å²) in [5.74, 6) is 0. The third-order valence-corrected chi connectivity index (χ3v) is 11.8. The highest BCUT2D eigenvalue weighted by Crippen LogP contribution is 2.44. The molecule has 282 valence electrons. The summed E-state index contributed by atoms with van der Waals surface area (Å²) in [6.07, 6.45) is 4.07. The smallest absolute Gasteiger partial charge is 0.101 e. The van der Waals surface area contributed by atoms with E-state index in [-0.39, 0.29) is 0 Å². The molecule has 2 heterocycles.